The van der Waals surface area contributed by atoms with Crippen LogP contribution >= 0.6 is 15.9 Å². The first-order valence-electron chi connectivity index (χ1n) is 5.43. The molecule has 2 aromatic carbocycles. The highest BCUT2D eigenvalue weighted by Gasteiger charge is 2.20. The molecule has 1 N–H and O–H groups in total. The SMILES string of the molecule is Brc1ccc([C@H]2Cc3ccccc3N2)cc1. The van der Waals surface area contributed by atoms with E-state index in [-0.39, 0.29) is 0 Å². The van der Waals surface area contributed by atoms with Crippen LogP contribution in [0.5, 0.6) is 0 Å². The fourth-order valence-electron chi connectivity index (χ4n) is 2.19. The number of benzene rings is 2. The summed E-state index contributed by atoms with van der Waals surface area (Å²) in [4.78, 5) is 0. The average molecular weight is 274 g/mol. The molecule has 0 saturated heterocycles. The molecule has 0 bridgehead atoms. The van der Waals surface area contributed by atoms with Gasteiger partial charge in [-0.15, -0.1) is 0 Å². The highest BCUT2D eigenvalue weighted by molar-refractivity contribution is 9.10. The lowest BCUT2D eigenvalue weighted by Gasteiger charge is -2.11. The lowest BCUT2D eigenvalue weighted by atomic mass is 10.0. The van der Waals surface area contributed by atoms with Crippen LogP contribution in [0.3, 0.4) is 0 Å². The molecule has 2 aromatic rings. The number of hydrogen-bond donors (Lipinski definition) is 1. The Bertz CT molecular complexity index is 479. The maximum absolute atomic E-state index is 3.55. The third-order valence-electron chi connectivity index (χ3n) is 3.04. The van der Waals surface area contributed by atoms with Crippen molar-refractivity contribution < 1.29 is 0 Å². The van der Waals surface area contributed by atoms with Gasteiger partial charge in [0.1, 0.15) is 0 Å². The Morgan fingerprint density at radius 2 is 1.75 bits per heavy atom. The molecule has 80 valence electrons. The van der Waals surface area contributed by atoms with Crippen molar-refractivity contribution in [2.24, 2.45) is 0 Å². The van der Waals surface area contributed by atoms with Crippen LogP contribution in [0, 0.1) is 0 Å². The second-order valence-electron chi connectivity index (χ2n) is 4.11. The van der Waals surface area contributed by atoms with E-state index in [4.69, 9.17) is 0 Å². The van der Waals surface area contributed by atoms with Crippen LogP contribution in [0.2, 0.25) is 0 Å². The van der Waals surface area contributed by atoms with Gasteiger partial charge in [-0.1, -0.05) is 46.3 Å². The van der Waals surface area contributed by atoms with Crippen molar-refractivity contribution in [1.29, 1.82) is 0 Å². The summed E-state index contributed by atoms with van der Waals surface area (Å²) in [5, 5.41) is 3.55. The van der Waals surface area contributed by atoms with Gasteiger partial charge in [-0.2, -0.15) is 0 Å². The minimum absolute atomic E-state index is 0.422. The minimum Gasteiger partial charge on any atom is -0.378 e. The molecule has 1 nitrogen and oxygen atoms in total. The zero-order valence-corrected chi connectivity index (χ0v) is 10.4. The predicted molar refractivity (Wildman–Crippen MR) is 70.7 cm³/mol. The first-order valence-corrected chi connectivity index (χ1v) is 6.22. The van der Waals surface area contributed by atoms with Crippen LogP contribution in [0.15, 0.2) is 53.0 Å². The van der Waals surface area contributed by atoms with Crippen molar-refractivity contribution >= 4 is 21.6 Å². The summed E-state index contributed by atoms with van der Waals surface area (Å²) in [7, 11) is 0. The fourth-order valence-corrected chi connectivity index (χ4v) is 2.46. The van der Waals surface area contributed by atoms with Crippen molar-refractivity contribution in [1.82, 2.24) is 0 Å². The summed E-state index contributed by atoms with van der Waals surface area (Å²) in [6.07, 6.45) is 1.08. The van der Waals surface area contributed by atoms with E-state index in [1.807, 2.05) is 0 Å². The highest BCUT2D eigenvalue weighted by atomic mass is 79.9. The Morgan fingerprint density at radius 3 is 2.50 bits per heavy atom. The molecule has 0 fully saturated rings. The number of anilines is 1. The first-order chi connectivity index (χ1) is 7.83. The van der Waals surface area contributed by atoms with Gasteiger partial charge in [0.25, 0.3) is 0 Å². The van der Waals surface area contributed by atoms with Crippen LogP contribution in [0.4, 0.5) is 5.69 Å². The van der Waals surface area contributed by atoms with E-state index in [1.165, 1.54) is 16.8 Å². The van der Waals surface area contributed by atoms with Gasteiger partial charge in [-0.05, 0) is 35.7 Å². The molecule has 0 radical (unpaired) electrons. The van der Waals surface area contributed by atoms with Gasteiger partial charge >= 0.3 is 0 Å². The largest absolute Gasteiger partial charge is 0.378 e. The van der Waals surface area contributed by atoms with Gasteiger partial charge in [0.15, 0.2) is 0 Å². The molecular formula is C14H12BrN. The second kappa shape index (κ2) is 3.95. The van der Waals surface area contributed by atoms with Crippen molar-refractivity contribution in [3.63, 3.8) is 0 Å². The summed E-state index contributed by atoms with van der Waals surface area (Å²) < 4.78 is 1.13. The lowest BCUT2D eigenvalue weighted by molar-refractivity contribution is 0.824. The maximum atomic E-state index is 3.55. The third kappa shape index (κ3) is 1.74. The number of nitrogens with one attached hydrogen (secondary N) is 1. The first kappa shape index (κ1) is 9.91. The second-order valence-corrected chi connectivity index (χ2v) is 5.03. The molecule has 1 heterocycles. The molecule has 3 rings (SSSR count). The van der Waals surface area contributed by atoms with Gasteiger partial charge in [0, 0.05) is 10.2 Å². The molecule has 0 unspecified atom stereocenters. The molecule has 16 heavy (non-hydrogen) atoms. The monoisotopic (exact) mass is 273 g/mol. The summed E-state index contributed by atoms with van der Waals surface area (Å²) in [5.41, 5.74) is 4.03. The molecule has 0 aliphatic carbocycles. The van der Waals surface area contributed by atoms with Gasteiger partial charge in [0.05, 0.1) is 6.04 Å². The van der Waals surface area contributed by atoms with E-state index < -0.39 is 0 Å². The Kier molecular flexibility index (Phi) is 2.44. The predicted octanol–water partition coefficient (Wildman–Crippen LogP) is 4.16. The van der Waals surface area contributed by atoms with E-state index in [1.54, 1.807) is 0 Å². The molecule has 0 spiro atoms. The van der Waals surface area contributed by atoms with Crippen molar-refractivity contribution in [2.45, 2.75) is 12.5 Å². The minimum atomic E-state index is 0.422. The van der Waals surface area contributed by atoms with Crippen molar-refractivity contribution in [2.75, 3.05) is 5.32 Å². The third-order valence-corrected chi connectivity index (χ3v) is 3.57. The summed E-state index contributed by atoms with van der Waals surface area (Å²) in [6.45, 7) is 0. The quantitative estimate of drug-likeness (QED) is 0.823. The molecular weight excluding hydrogens is 262 g/mol. The van der Waals surface area contributed by atoms with Crippen LogP contribution in [0.1, 0.15) is 17.2 Å². The van der Waals surface area contributed by atoms with Gasteiger partial charge in [-0.3, -0.25) is 0 Å². The van der Waals surface area contributed by atoms with E-state index in [2.05, 4.69) is 69.8 Å². The molecule has 2 heteroatoms. The van der Waals surface area contributed by atoms with Crippen LogP contribution < -0.4 is 5.32 Å². The topological polar surface area (TPSA) is 12.0 Å². The van der Waals surface area contributed by atoms with E-state index in [9.17, 15) is 0 Å². The lowest BCUT2D eigenvalue weighted by Crippen LogP contribution is -2.05. The zero-order valence-electron chi connectivity index (χ0n) is 8.78. The van der Waals surface area contributed by atoms with Crippen LogP contribution in [-0.2, 0) is 6.42 Å². The summed E-state index contributed by atoms with van der Waals surface area (Å²) in [6, 6.07) is 17.5. The van der Waals surface area contributed by atoms with Gasteiger partial charge < -0.3 is 5.32 Å². The Balaban J connectivity index is 1.88. The van der Waals surface area contributed by atoms with E-state index in [0.717, 1.165) is 10.9 Å². The molecule has 0 aromatic heterocycles. The van der Waals surface area contributed by atoms with Crippen LogP contribution in [0.25, 0.3) is 0 Å². The maximum Gasteiger partial charge on any atom is 0.0555 e. The zero-order chi connectivity index (χ0) is 11.0. The van der Waals surface area contributed by atoms with Crippen molar-refractivity contribution in [3.8, 4) is 0 Å². The Labute approximate surface area is 104 Å². The fraction of sp³-hybridized carbons (Fsp3) is 0.143. The summed E-state index contributed by atoms with van der Waals surface area (Å²) >= 11 is 3.46. The average Bonchev–Trinajstić information content (AvgIpc) is 2.73. The molecule has 1 atom stereocenters. The smallest absolute Gasteiger partial charge is 0.0555 e. The number of hydrogen-bond acceptors (Lipinski definition) is 1. The normalized spacial score (nSPS) is 17.9. The standard InChI is InChI=1S/C14H12BrN/c15-12-7-5-10(6-8-12)14-9-11-3-1-2-4-13(11)16-14/h1-8,14,16H,9H2/t14-/m1/s1. The van der Waals surface area contributed by atoms with E-state index in [0.29, 0.717) is 6.04 Å². The Morgan fingerprint density at radius 1 is 1.00 bits per heavy atom. The molecule has 1 aliphatic heterocycles. The summed E-state index contributed by atoms with van der Waals surface area (Å²) in [5.74, 6) is 0. The molecule has 0 saturated carbocycles. The molecule has 1 aliphatic rings. The molecule has 0 amide bonds. The van der Waals surface area contributed by atoms with Crippen molar-refractivity contribution in [3.05, 3.63) is 64.1 Å². The van der Waals surface area contributed by atoms with Crippen LogP contribution in [-0.4, -0.2) is 0 Å². The number of fused-ring (bicyclic) bond motifs is 1. The van der Waals surface area contributed by atoms with E-state index >= 15 is 0 Å². The highest BCUT2D eigenvalue weighted by Crippen LogP contribution is 2.33. The van der Waals surface area contributed by atoms with Gasteiger partial charge in [0.2, 0.25) is 0 Å². The Hall–Kier alpha value is -1.28. The number of halogens is 1. The van der Waals surface area contributed by atoms with Gasteiger partial charge in [-0.25, -0.2) is 0 Å². The number of rotatable bonds is 1. The number of para-hydroxylation sites is 1.